The number of methoxy groups -OCH3 is 2. The van der Waals surface area contributed by atoms with Crippen molar-refractivity contribution in [3.63, 3.8) is 0 Å². The summed E-state index contributed by atoms with van der Waals surface area (Å²) in [6.07, 6.45) is 0.365. The van der Waals surface area contributed by atoms with Gasteiger partial charge in [-0.05, 0) is 13.0 Å². The Kier molecular flexibility index (Phi) is 3.34. The van der Waals surface area contributed by atoms with E-state index in [0.717, 1.165) is 5.56 Å². The van der Waals surface area contributed by atoms with Gasteiger partial charge in [-0.15, -0.1) is 17.2 Å². The molecule has 19 heavy (non-hydrogen) atoms. The van der Waals surface area contributed by atoms with Crippen LogP contribution in [0.3, 0.4) is 0 Å². The van der Waals surface area contributed by atoms with Crippen molar-refractivity contribution in [2.75, 3.05) is 27.8 Å². The molecule has 106 valence electrons. The van der Waals surface area contributed by atoms with Crippen LogP contribution in [0.1, 0.15) is 11.1 Å². The van der Waals surface area contributed by atoms with E-state index in [1.165, 1.54) is 27.8 Å². The number of ether oxygens (including phenoxy) is 2. The van der Waals surface area contributed by atoms with Crippen LogP contribution in [-0.2, 0) is 6.42 Å². The minimum atomic E-state index is -4.97. The summed E-state index contributed by atoms with van der Waals surface area (Å²) in [6.45, 7) is 1.27. The van der Waals surface area contributed by atoms with E-state index in [2.05, 4.69) is 0 Å². The number of quaternary nitrogens is 1. The monoisotopic (exact) mass is 274 g/mol. The first-order valence-electron chi connectivity index (χ1n) is 5.96. The van der Waals surface area contributed by atoms with Gasteiger partial charge in [-0.2, -0.15) is 0 Å². The number of hydrogen-bond acceptors (Lipinski definition) is 2. The van der Waals surface area contributed by atoms with Crippen LogP contribution in [0.4, 0.5) is 12.9 Å². The molecular formula is C12H16BF3NO2-. The highest BCUT2D eigenvalue weighted by Crippen LogP contribution is 2.38. The summed E-state index contributed by atoms with van der Waals surface area (Å²) in [5, 5.41) is 0. The Morgan fingerprint density at radius 3 is 2.26 bits per heavy atom. The standard InChI is InChI=1S/C12H16BF3NO2/c1-17(13(14,15)16)5-4-9-6-11(18-2)12(19-3)7-10(9)8-17/h6-8H,4-5H2,1-3H3/q-1. The third kappa shape index (κ3) is 2.34. The Labute approximate surface area is 110 Å². The first-order chi connectivity index (χ1) is 8.80. The van der Waals surface area contributed by atoms with Crippen LogP contribution >= 0.6 is 0 Å². The highest BCUT2D eigenvalue weighted by atomic mass is 19.4. The van der Waals surface area contributed by atoms with Crippen molar-refractivity contribution in [2.24, 2.45) is 0 Å². The first-order valence-corrected chi connectivity index (χ1v) is 5.96. The highest BCUT2D eigenvalue weighted by molar-refractivity contribution is 6.50. The zero-order chi connectivity index (χ0) is 14.3. The van der Waals surface area contributed by atoms with Gasteiger partial charge in [0, 0.05) is 13.6 Å². The topological polar surface area (TPSA) is 18.5 Å². The van der Waals surface area contributed by atoms with Gasteiger partial charge in [-0.3, -0.25) is 0 Å². The molecule has 1 aliphatic rings. The van der Waals surface area contributed by atoms with Gasteiger partial charge in [0.2, 0.25) is 0 Å². The van der Waals surface area contributed by atoms with Crippen molar-refractivity contribution in [1.82, 2.24) is 0 Å². The van der Waals surface area contributed by atoms with Crippen molar-refractivity contribution in [1.29, 1.82) is 0 Å². The molecule has 1 aliphatic heterocycles. The van der Waals surface area contributed by atoms with Crippen LogP contribution in [0.25, 0.3) is 0 Å². The number of fused-ring (bicyclic) bond motifs is 1. The molecule has 2 rings (SSSR count). The number of benzene rings is 1. The minimum Gasteiger partial charge on any atom is -0.506 e. The molecule has 0 saturated carbocycles. The number of nitrogens with zero attached hydrogens (tertiary/aromatic N) is 1. The van der Waals surface area contributed by atoms with Crippen molar-refractivity contribution in [3.05, 3.63) is 29.8 Å². The Balaban J connectivity index is 2.41. The van der Waals surface area contributed by atoms with Crippen LogP contribution in [0, 0.1) is 6.54 Å². The zero-order valence-electron chi connectivity index (χ0n) is 11.1. The summed E-state index contributed by atoms with van der Waals surface area (Å²) >= 11 is 0. The maximum absolute atomic E-state index is 13.1. The number of hydrogen-bond donors (Lipinski definition) is 0. The van der Waals surface area contributed by atoms with Crippen LogP contribution in [0.5, 0.6) is 11.5 Å². The zero-order valence-corrected chi connectivity index (χ0v) is 11.1. The van der Waals surface area contributed by atoms with Gasteiger partial charge >= 0.3 is 7.11 Å². The van der Waals surface area contributed by atoms with Crippen LogP contribution in [0.15, 0.2) is 12.1 Å². The molecule has 1 aromatic carbocycles. The average molecular weight is 274 g/mol. The van der Waals surface area contributed by atoms with Crippen molar-refractivity contribution in [3.8, 4) is 11.5 Å². The van der Waals surface area contributed by atoms with Crippen LogP contribution in [0.2, 0.25) is 0 Å². The molecule has 0 N–H and O–H groups in total. The SMILES string of the molecule is COc1cc2c(cc1OC)CC[N+](C)([B-](F)(F)F)[CH-]2. The number of likely N-dealkylation sites (N-methyl/N-ethyl adjacent to an activating group) is 1. The lowest BCUT2D eigenvalue weighted by atomic mass is 9.89. The molecule has 0 saturated heterocycles. The molecule has 0 amide bonds. The fourth-order valence-corrected chi connectivity index (χ4v) is 2.25. The summed E-state index contributed by atoms with van der Waals surface area (Å²) in [5.74, 6) is 0.990. The molecule has 0 radical (unpaired) electrons. The van der Waals surface area contributed by atoms with Crippen LogP contribution < -0.4 is 9.47 Å². The maximum atomic E-state index is 13.1. The second kappa shape index (κ2) is 4.56. The number of rotatable bonds is 3. The van der Waals surface area contributed by atoms with Gasteiger partial charge < -0.3 is 26.8 Å². The molecule has 0 fully saturated rings. The van der Waals surface area contributed by atoms with E-state index in [0.29, 0.717) is 23.5 Å². The van der Waals surface area contributed by atoms with Gasteiger partial charge in [0.15, 0.2) is 0 Å². The van der Waals surface area contributed by atoms with Gasteiger partial charge in [0.05, 0.1) is 14.2 Å². The predicted molar refractivity (Wildman–Crippen MR) is 66.8 cm³/mol. The Hall–Kier alpha value is -1.50. The van der Waals surface area contributed by atoms with E-state index in [9.17, 15) is 12.9 Å². The second-order valence-electron chi connectivity index (χ2n) is 4.90. The summed E-state index contributed by atoms with van der Waals surface area (Å²) in [4.78, 5) is 0. The van der Waals surface area contributed by atoms with Crippen LogP contribution in [-0.4, -0.2) is 39.3 Å². The number of halogens is 3. The molecule has 0 aromatic heterocycles. The molecule has 1 atom stereocenters. The van der Waals surface area contributed by atoms with Gasteiger partial charge in [0.1, 0.15) is 11.5 Å². The van der Waals surface area contributed by atoms with E-state index < -0.39 is 11.5 Å². The molecule has 0 bridgehead atoms. The molecular weight excluding hydrogens is 258 g/mol. The van der Waals surface area contributed by atoms with E-state index in [-0.39, 0.29) is 6.54 Å². The van der Waals surface area contributed by atoms with Crippen molar-refractivity contribution in [2.45, 2.75) is 6.42 Å². The first kappa shape index (κ1) is 13.9. The Morgan fingerprint density at radius 2 is 1.74 bits per heavy atom. The highest BCUT2D eigenvalue weighted by Gasteiger charge is 2.48. The lowest BCUT2D eigenvalue weighted by Crippen LogP contribution is -2.59. The average Bonchev–Trinajstić information content (AvgIpc) is 2.35. The summed E-state index contributed by atoms with van der Waals surface area (Å²) in [6, 6.07) is 3.35. The minimum absolute atomic E-state index is 0.0198. The van der Waals surface area contributed by atoms with E-state index in [4.69, 9.17) is 9.47 Å². The molecule has 1 aromatic rings. The molecule has 7 heteroatoms. The van der Waals surface area contributed by atoms with Gasteiger partial charge in [-0.1, -0.05) is 6.07 Å². The second-order valence-corrected chi connectivity index (χ2v) is 4.90. The Bertz CT molecular complexity index is 493. The maximum Gasteiger partial charge on any atom is 0.727 e. The van der Waals surface area contributed by atoms with Crippen molar-refractivity contribution >= 4 is 7.11 Å². The smallest absolute Gasteiger partial charge is 0.506 e. The fraction of sp³-hybridized carbons (Fsp3) is 0.417. The largest absolute Gasteiger partial charge is 0.727 e. The van der Waals surface area contributed by atoms with E-state index in [1.54, 1.807) is 12.1 Å². The van der Waals surface area contributed by atoms with Gasteiger partial charge in [0.25, 0.3) is 0 Å². The third-order valence-electron chi connectivity index (χ3n) is 3.61. The molecule has 0 spiro atoms. The quantitative estimate of drug-likeness (QED) is 0.623. The van der Waals surface area contributed by atoms with E-state index in [1.807, 2.05) is 0 Å². The molecule has 1 heterocycles. The lowest BCUT2D eigenvalue weighted by Gasteiger charge is -2.51. The summed E-state index contributed by atoms with van der Waals surface area (Å²) < 4.78 is 48.6. The third-order valence-corrected chi connectivity index (χ3v) is 3.61. The Morgan fingerprint density at radius 1 is 1.16 bits per heavy atom. The fourth-order valence-electron chi connectivity index (χ4n) is 2.25. The van der Waals surface area contributed by atoms with E-state index >= 15 is 0 Å². The summed E-state index contributed by atoms with van der Waals surface area (Å²) in [7, 11) is -0.799. The molecule has 1 unspecified atom stereocenters. The normalized spacial score (nSPS) is 22.4. The van der Waals surface area contributed by atoms with Crippen molar-refractivity contribution < 1.29 is 26.8 Å². The summed E-state index contributed by atoms with van der Waals surface area (Å²) in [5.41, 5.74) is 1.42. The predicted octanol–water partition coefficient (Wildman–Crippen LogP) is 2.56. The molecule has 3 nitrogen and oxygen atoms in total. The molecule has 0 aliphatic carbocycles. The lowest BCUT2D eigenvalue weighted by molar-refractivity contribution is -0.798. The van der Waals surface area contributed by atoms with Gasteiger partial charge in [-0.25, -0.2) is 0 Å².